The van der Waals surface area contributed by atoms with E-state index in [0.29, 0.717) is 48.8 Å². The van der Waals surface area contributed by atoms with Crippen molar-refractivity contribution in [2.45, 2.75) is 77.0 Å². The number of halogens is 1. The predicted octanol–water partition coefficient (Wildman–Crippen LogP) is 3.86. The summed E-state index contributed by atoms with van der Waals surface area (Å²) in [5.41, 5.74) is -0.636. The summed E-state index contributed by atoms with van der Waals surface area (Å²) in [6, 6.07) is 0. The van der Waals surface area contributed by atoms with Gasteiger partial charge in [0.2, 0.25) is 0 Å². The van der Waals surface area contributed by atoms with Crippen LogP contribution >= 0.6 is 0 Å². The molecule has 0 unspecified atom stereocenters. The number of fused-ring (bicyclic) bond motifs is 5. The molecule has 1 N–H and O–H groups in total. The summed E-state index contributed by atoms with van der Waals surface area (Å²) >= 11 is 0. The molecule has 1 aliphatic heterocycles. The Morgan fingerprint density at radius 3 is 2.50 bits per heavy atom. The Hall–Kier alpha value is -0.520. The van der Waals surface area contributed by atoms with E-state index in [9.17, 15) is 9.90 Å². The smallest absolute Gasteiger partial charge is 0.150 e. The van der Waals surface area contributed by atoms with E-state index in [4.69, 9.17) is 4.74 Å². The molecule has 5 rings (SSSR count). The maximum Gasteiger partial charge on any atom is 0.150 e. The van der Waals surface area contributed by atoms with E-state index in [1.165, 1.54) is 0 Å². The average Bonchev–Trinajstić information content (AvgIpc) is 3.06. The minimum absolute atomic E-state index is 0.0412. The van der Waals surface area contributed by atoms with Crippen LogP contribution in [0.3, 0.4) is 0 Å². The van der Waals surface area contributed by atoms with Gasteiger partial charge in [-0.2, -0.15) is 0 Å². The number of hydrogen-bond donors (Lipinski definition) is 1. The molecule has 4 aliphatic carbocycles. The van der Waals surface area contributed by atoms with Gasteiger partial charge in [-0.3, -0.25) is 9.69 Å². The Balaban J connectivity index is 1.30. The third-order valence-corrected chi connectivity index (χ3v) is 10.1. The normalized spacial score (nSPS) is 51.7. The molecule has 1 heterocycles. The summed E-state index contributed by atoms with van der Waals surface area (Å²) in [7, 11) is 0. The number of aliphatic hydroxyl groups is 1. The number of morpholine rings is 1. The molecule has 0 bridgehead atoms. The molecular formula is C25H40FNO3. The van der Waals surface area contributed by atoms with Gasteiger partial charge in [0.1, 0.15) is 12.0 Å². The van der Waals surface area contributed by atoms with Crippen molar-refractivity contribution in [2.75, 3.05) is 32.8 Å². The van der Waals surface area contributed by atoms with Gasteiger partial charge in [0.25, 0.3) is 0 Å². The summed E-state index contributed by atoms with van der Waals surface area (Å²) in [6.07, 6.45) is 6.65. The van der Waals surface area contributed by atoms with Gasteiger partial charge in [-0.15, -0.1) is 0 Å². The molecule has 170 valence electrons. The molecule has 4 saturated carbocycles. The summed E-state index contributed by atoms with van der Waals surface area (Å²) in [6.45, 7) is 7.99. The highest BCUT2D eigenvalue weighted by atomic mass is 19.1. The van der Waals surface area contributed by atoms with Crippen molar-refractivity contribution in [1.82, 2.24) is 4.90 Å². The lowest BCUT2D eigenvalue weighted by Crippen LogP contribution is -2.54. The van der Waals surface area contributed by atoms with Crippen molar-refractivity contribution < 1.29 is 19.0 Å². The van der Waals surface area contributed by atoms with Gasteiger partial charge in [-0.25, -0.2) is 4.39 Å². The number of alkyl halides is 1. The summed E-state index contributed by atoms with van der Waals surface area (Å²) in [5.74, 6) is 2.57. The van der Waals surface area contributed by atoms with Gasteiger partial charge in [-0.05, 0) is 93.3 Å². The van der Waals surface area contributed by atoms with Crippen molar-refractivity contribution in [2.24, 2.45) is 40.9 Å². The Morgan fingerprint density at radius 1 is 1.03 bits per heavy atom. The van der Waals surface area contributed by atoms with Crippen LogP contribution in [-0.4, -0.2) is 60.4 Å². The third kappa shape index (κ3) is 3.57. The van der Waals surface area contributed by atoms with E-state index >= 15 is 4.39 Å². The molecule has 0 amide bonds. The van der Waals surface area contributed by atoms with E-state index in [1.807, 2.05) is 6.92 Å². The van der Waals surface area contributed by atoms with Gasteiger partial charge in [0.15, 0.2) is 0 Å². The van der Waals surface area contributed by atoms with Crippen LogP contribution in [0, 0.1) is 40.9 Å². The lowest BCUT2D eigenvalue weighted by Gasteiger charge is -2.57. The van der Waals surface area contributed by atoms with E-state index in [0.717, 1.165) is 64.8 Å². The summed E-state index contributed by atoms with van der Waals surface area (Å²) in [5, 5.41) is 10.5. The molecule has 0 aromatic heterocycles. The minimum atomic E-state index is -0.784. The van der Waals surface area contributed by atoms with Crippen LogP contribution in [0.1, 0.15) is 65.2 Å². The maximum absolute atomic E-state index is 15.4. The van der Waals surface area contributed by atoms with Crippen molar-refractivity contribution in [3.8, 4) is 0 Å². The highest BCUT2D eigenvalue weighted by molar-refractivity contribution is 5.84. The number of carbonyl (C=O) groups is 1. The summed E-state index contributed by atoms with van der Waals surface area (Å²) < 4.78 is 20.8. The molecule has 0 radical (unpaired) electrons. The fraction of sp³-hybridized carbons (Fsp3) is 0.960. The van der Waals surface area contributed by atoms with Gasteiger partial charge in [-0.1, -0.05) is 6.92 Å². The number of rotatable bonds is 3. The van der Waals surface area contributed by atoms with Crippen LogP contribution < -0.4 is 0 Å². The average molecular weight is 422 g/mol. The molecule has 5 heteroatoms. The second-order valence-electron chi connectivity index (χ2n) is 11.8. The molecular weight excluding hydrogens is 381 g/mol. The van der Waals surface area contributed by atoms with E-state index < -0.39 is 11.8 Å². The molecule has 0 aromatic rings. The number of nitrogens with zero attached hydrogens (tertiary/aromatic N) is 1. The van der Waals surface area contributed by atoms with Crippen LogP contribution in [0.15, 0.2) is 0 Å². The molecule has 4 nitrogen and oxygen atoms in total. The molecule has 0 spiro atoms. The molecule has 0 aromatic carbocycles. The van der Waals surface area contributed by atoms with E-state index in [2.05, 4.69) is 11.8 Å². The zero-order chi connectivity index (χ0) is 21.1. The fourth-order valence-corrected chi connectivity index (χ4v) is 8.62. The Morgan fingerprint density at radius 2 is 1.73 bits per heavy atom. The number of Topliss-reactive ketones (excluding diaryl/α,β-unsaturated/α-hetero) is 1. The van der Waals surface area contributed by atoms with Gasteiger partial charge >= 0.3 is 0 Å². The topological polar surface area (TPSA) is 49.8 Å². The predicted molar refractivity (Wildman–Crippen MR) is 114 cm³/mol. The SMILES string of the molecule is C[C@@]1(O)CC[C@@H]2[C@H]3CC[C@]4(C)[C@@H](C(=O)CN5CCOCC5)CC[C@H]4[C@@H]3C[C@@H](F)[C@@H]2C1. The van der Waals surface area contributed by atoms with E-state index in [-0.39, 0.29) is 17.3 Å². The minimum Gasteiger partial charge on any atom is -0.390 e. The van der Waals surface area contributed by atoms with Crippen molar-refractivity contribution >= 4 is 5.78 Å². The maximum atomic E-state index is 15.4. The van der Waals surface area contributed by atoms with Crippen molar-refractivity contribution in [3.05, 3.63) is 0 Å². The van der Waals surface area contributed by atoms with Gasteiger partial charge in [0, 0.05) is 19.0 Å². The van der Waals surface area contributed by atoms with Crippen LogP contribution in [0.2, 0.25) is 0 Å². The monoisotopic (exact) mass is 421 g/mol. The Kier molecular flexibility index (Phi) is 5.55. The second kappa shape index (κ2) is 7.81. The molecule has 5 aliphatic rings. The van der Waals surface area contributed by atoms with Crippen molar-refractivity contribution in [3.63, 3.8) is 0 Å². The second-order valence-corrected chi connectivity index (χ2v) is 11.8. The first kappa shape index (κ1) is 21.3. The first-order chi connectivity index (χ1) is 14.3. The molecule has 9 atom stereocenters. The molecule has 30 heavy (non-hydrogen) atoms. The first-order valence-corrected chi connectivity index (χ1v) is 12.5. The van der Waals surface area contributed by atoms with Crippen LogP contribution in [0.25, 0.3) is 0 Å². The highest BCUT2D eigenvalue weighted by Gasteiger charge is 2.60. The standard InChI is InChI=1S/C25H40FNO3/c1-24(29)7-5-17-16-6-8-25(2)20(18(16)13-22(26)19(17)14-24)3-4-21(25)23(28)15-27-9-11-30-12-10-27/h16-22,29H,3-15H2,1-2H3/t16-,17-,18-,19-,20+,21-,22-,24-,25+/m1/s1. The number of ketones is 1. The third-order valence-electron chi connectivity index (χ3n) is 10.1. The Bertz CT molecular complexity index is 663. The Labute approximate surface area is 180 Å². The summed E-state index contributed by atoms with van der Waals surface area (Å²) in [4.78, 5) is 15.6. The lowest BCUT2D eigenvalue weighted by molar-refractivity contribution is -0.140. The van der Waals surface area contributed by atoms with Gasteiger partial charge < -0.3 is 9.84 Å². The number of carbonyl (C=O) groups excluding carboxylic acids is 1. The van der Waals surface area contributed by atoms with Crippen molar-refractivity contribution in [1.29, 1.82) is 0 Å². The van der Waals surface area contributed by atoms with Crippen LogP contribution in [-0.2, 0) is 9.53 Å². The lowest BCUT2D eigenvalue weighted by atomic mass is 9.48. The quantitative estimate of drug-likeness (QED) is 0.752. The van der Waals surface area contributed by atoms with Crippen LogP contribution in [0.4, 0.5) is 4.39 Å². The zero-order valence-corrected chi connectivity index (χ0v) is 18.8. The molecule has 1 saturated heterocycles. The molecule has 5 fully saturated rings. The number of hydrogen-bond acceptors (Lipinski definition) is 4. The van der Waals surface area contributed by atoms with E-state index in [1.54, 1.807) is 0 Å². The number of ether oxygens (including phenoxy) is 1. The fourth-order valence-electron chi connectivity index (χ4n) is 8.62. The van der Waals surface area contributed by atoms with Gasteiger partial charge in [0.05, 0.1) is 25.4 Å². The van der Waals surface area contributed by atoms with Crippen LogP contribution in [0.5, 0.6) is 0 Å². The first-order valence-electron chi connectivity index (χ1n) is 12.5. The largest absolute Gasteiger partial charge is 0.390 e. The highest BCUT2D eigenvalue weighted by Crippen LogP contribution is 2.65. The zero-order valence-electron chi connectivity index (χ0n) is 18.8.